The minimum atomic E-state index is -0.0860. The number of rotatable bonds is 3. The second-order valence-corrected chi connectivity index (χ2v) is 6.71. The number of amides is 1. The summed E-state index contributed by atoms with van der Waals surface area (Å²) < 4.78 is 7.72. The van der Waals surface area contributed by atoms with Crippen LogP contribution in [-0.2, 0) is 13.0 Å². The number of aromatic nitrogens is 2. The predicted octanol–water partition coefficient (Wildman–Crippen LogP) is 3.73. The number of para-hydroxylation sites is 1. The average molecular weight is 335 g/mol. The molecule has 0 N–H and O–H groups in total. The fourth-order valence-corrected chi connectivity index (χ4v) is 3.55. The van der Waals surface area contributed by atoms with Gasteiger partial charge in [-0.05, 0) is 57.0 Å². The summed E-state index contributed by atoms with van der Waals surface area (Å²) in [5.41, 5.74) is 4.24. The summed E-state index contributed by atoms with van der Waals surface area (Å²) in [6, 6.07) is 13.8. The number of furan rings is 1. The fourth-order valence-electron chi connectivity index (χ4n) is 3.55. The largest absolute Gasteiger partial charge is 0.454 e. The molecule has 0 saturated carbocycles. The molecular formula is C20H21N3O2. The van der Waals surface area contributed by atoms with Crippen molar-refractivity contribution in [3.8, 4) is 0 Å². The van der Waals surface area contributed by atoms with Crippen LogP contribution >= 0.6 is 0 Å². The molecule has 1 aromatic carbocycles. The van der Waals surface area contributed by atoms with E-state index >= 15 is 0 Å². The van der Waals surface area contributed by atoms with E-state index in [2.05, 4.69) is 18.1 Å². The Balaban J connectivity index is 1.58. The van der Waals surface area contributed by atoms with Crippen LogP contribution in [0.1, 0.15) is 40.2 Å². The van der Waals surface area contributed by atoms with E-state index in [0.717, 1.165) is 29.3 Å². The normalized spacial score (nSPS) is 16.3. The van der Waals surface area contributed by atoms with Crippen molar-refractivity contribution in [2.45, 2.75) is 39.8 Å². The van der Waals surface area contributed by atoms with Gasteiger partial charge in [0.15, 0.2) is 5.76 Å². The minimum Gasteiger partial charge on any atom is -0.454 e. The Kier molecular flexibility index (Phi) is 3.71. The van der Waals surface area contributed by atoms with E-state index in [9.17, 15) is 4.79 Å². The Bertz CT molecular complexity index is 938. The summed E-state index contributed by atoms with van der Waals surface area (Å²) in [4.78, 5) is 14.8. The Morgan fingerprint density at radius 3 is 2.80 bits per heavy atom. The number of hydrogen-bond donors (Lipinski definition) is 0. The van der Waals surface area contributed by atoms with Gasteiger partial charge in [0.2, 0.25) is 0 Å². The first-order chi connectivity index (χ1) is 12.0. The first-order valence-electron chi connectivity index (χ1n) is 8.54. The molecule has 0 aliphatic carbocycles. The van der Waals surface area contributed by atoms with Crippen LogP contribution < -0.4 is 4.90 Å². The molecule has 128 valence electrons. The van der Waals surface area contributed by atoms with E-state index in [1.807, 2.05) is 53.8 Å². The third-order valence-corrected chi connectivity index (χ3v) is 4.71. The summed E-state index contributed by atoms with van der Waals surface area (Å²) in [5, 5.41) is 4.44. The molecule has 4 rings (SSSR count). The van der Waals surface area contributed by atoms with Crippen LogP contribution in [-0.4, -0.2) is 21.7 Å². The van der Waals surface area contributed by atoms with Crippen molar-refractivity contribution in [3.63, 3.8) is 0 Å². The Morgan fingerprint density at radius 1 is 1.24 bits per heavy atom. The number of benzene rings is 1. The monoisotopic (exact) mass is 335 g/mol. The smallest absolute Gasteiger partial charge is 0.294 e. The van der Waals surface area contributed by atoms with Gasteiger partial charge < -0.3 is 9.32 Å². The van der Waals surface area contributed by atoms with Gasteiger partial charge in [0, 0.05) is 17.4 Å². The van der Waals surface area contributed by atoms with Crippen molar-refractivity contribution in [2.24, 2.45) is 0 Å². The molecule has 2 aromatic heterocycles. The highest BCUT2D eigenvalue weighted by Crippen LogP contribution is 2.33. The molecule has 0 spiro atoms. The SMILES string of the molecule is Cc1cc(C)n(Cc2ccc(C(=O)N3c4ccccc4C[C@@H]3C)o2)n1. The lowest BCUT2D eigenvalue weighted by atomic mass is 10.1. The van der Waals surface area contributed by atoms with Crippen LogP contribution in [0.5, 0.6) is 0 Å². The standard InChI is InChI=1S/C20H21N3O2/c1-13-10-14(2)22(21-13)12-17-8-9-19(25-17)20(24)23-15(3)11-16-6-4-5-7-18(16)23/h4-10,15H,11-12H2,1-3H3/t15-/m0/s1. The molecule has 3 heterocycles. The second kappa shape index (κ2) is 5.92. The average Bonchev–Trinajstić information content (AvgIpc) is 3.24. The molecule has 5 heteroatoms. The van der Waals surface area contributed by atoms with Crippen LogP contribution in [0.25, 0.3) is 0 Å². The van der Waals surface area contributed by atoms with E-state index in [-0.39, 0.29) is 11.9 Å². The zero-order chi connectivity index (χ0) is 17.6. The summed E-state index contributed by atoms with van der Waals surface area (Å²) in [7, 11) is 0. The molecule has 1 amide bonds. The van der Waals surface area contributed by atoms with Crippen LogP contribution in [0.3, 0.4) is 0 Å². The van der Waals surface area contributed by atoms with Crippen LogP contribution in [0.4, 0.5) is 5.69 Å². The van der Waals surface area contributed by atoms with Crippen LogP contribution in [0, 0.1) is 13.8 Å². The molecular weight excluding hydrogens is 314 g/mol. The van der Waals surface area contributed by atoms with Crippen molar-refractivity contribution in [1.29, 1.82) is 0 Å². The van der Waals surface area contributed by atoms with E-state index in [1.165, 1.54) is 5.56 Å². The second-order valence-electron chi connectivity index (χ2n) is 6.71. The molecule has 0 unspecified atom stereocenters. The fraction of sp³-hybridized carbons (Fsp3) is 0.300. The van der Waals surface area contributed by atoms with E-state index in [0.29, 0.717) is 12.3 Å². The van der Waals surface area contributed by atoms with E-state index in [4.69, 9.17) is 4.42 Å². The molecule has 1 aliphatic rings. The van der Waals surface area contributed by atoms with Gasteiger partial charge in [-0.25, -0.2) is 0 Å². The molecule has 1 aliphatic heterocycles. The first kappa shape index (κ1) is 15.7. The topological polar surface area (TPSA) is 51.3 Å². The molecule has 0 radical (unpaired) electrons. The van der Waals surface area contributed by atoms with Crippen molar-refractivity contribution in [1.82, 2.24) is 9.78 Å². The summed E-state index contributed by atoms with van der Waals surface area (Å²) in [6.07, 6.45) is 0.876. The lowest BCUT2D eigenvalue weighted by molar-refractivity contribution is 0.0952. The Morgan fingerprint density at radius 2 is 2.04 bits per heavy atom. The number of carbonyl (C=O) groups is 1. The Hall–Kier alpha value is -2.82. The molecule has 3 aromatic rings. The van der Waals surface area contributed by atoms with Gasteiger partial charge in [0.25, 0.3) is 5.91 Å². The summed E-state index contributed by atoms with van der Waals surface area (Å²) >= 11 is 0. The van der Waals surface area contributed by atoms with Gasteiger partial charge in [0.05, 0.1) is 12.2 Å². The van der Waals surface area contributed by atoms with E-state index in [1.54, 1.807) is 6.07 Å². The van der Waals surface area contributed by atoms with Gasteiger partial charge in [0.1, 0.15) is 5.76 Å². The molecule has 25 heavy (non-hydrogen) atoms. The lowest BCUT2D eigenvalue weighted by Crippen LogP contribution is -2.35. The van der Waals surface area contributed by atoms with Gasteiger partial charge in [-0.3, -0.25) is 9.48 Å². The third-order valence-electron chi connectivity index (χ3n) is 4.71. The van der Waals surface area contributed by atoms with Crippen LogP contribution in [0.2, 0.25) is 0 Å². The predicted molar refractivity (Wildman–Crippen MR) is 95.9 cm³/mol. The highest BCUT2D eigenvalue weighted by atomic mass is 16.4. The maximum absolute atomic E-state index is 13.0. The van der Waals surface area contributed by atoms with Crippen molar-refractivity contribution < 1.29 is 9.21 Å². The number of nitrogens with zero attached hydrogens (tertiary/aromatic N) is 3. The van der Waals surface area contributed by atoms with Gasteiger partial charge in [-0.15, -0.1) is 0 Å². The van der Waals surface area contributed by atoms with Crippen LogP contribution in [0.15, 0.2) is 46.9 Å². The van der Waals surface area contributed by atoms with Gasteiger partial charge in [-0.2, -0.15) is 5.10 Å². The summed E-state index contributed by atoms with van der Waals surface area (Å²) in [5.74, 6) is 1.02. The van der Waals surface area contributed by atoms with Crippen molar-refractivity contribution in [3.05, 3.63) is 70.9 Å². The number of fused-ring (bicyclic) bond motifs is 1. The maximum atomic E-state index is 13.0. The third kappa shape index (κ3) is 2.76. The number of carbonyl (C=O) groups excluding carboxylic acids is 1. The number of hydrogen-bond acceptors (Lipinski definition) is 3. The summed E-state index contributed by atoms with van der Waals surface area (Å²) in [6.45, 7) is 6.57. The zero-order valence-corrected chi connectivity index (χ0v) is 14.7. The molecule has 5 nitrogen and oxygen atoms in total. The highest BCUT2D eigenvalue weighted by Gasteiger charge is 2.32. The maximum Gasteiger partial charge on any atom is 0.294 e. The Labute approximate surface area is 146 Å². The highest BCUT2D eigenvalue weighted by molar-refractivity contribution is 6.06. The quantitative estimate of drug-likeness (QED) is 0.733. The molecule has 0 saturated heterocycles. The van der Waals surface area contributed by atoms with Gasteiger partial charge >= 0.3 is 0 Å². The van der Waals surface area contributed by atoms with Gasteiger partial charge in [-0.1, -0.05) is 18.2 Å². The molecule has 1 atom stereocenters. The minimum absolute atomic E-state index is 0.0860. The molecule has 0 fully saturated rings. The lowest BCUT2D eigenvalue weighted by Gasteiger charge is -2.21. The zero-order valence-electron chi connectivity index (χ0n) is 14.7. The first-order valence-corrected chi connectivity index (χ1v) is 8.54. The number of aryl methyl sites for hydroxylation is 2. The number of anilines is 1. The van der Waals surface area contributed by atoms with Crippen molar-refractivity contribution >= 4 is 11.6 Å². The molecule has 0 bridgehead atoms. The van der Waals surface area contributed by atoms with Crippen molar-refractivity contribution in [2.75, 3.05) is 4.90 Å². The van der Waals surface area contributed by atoms with E-state index < -0.39 is 0 Å².